The van der Waals surface area contributed by atoms with Gasteiger partial charge < -0.3 is 10.1 Å². The Morgan fingerprint density at radius 1 is 1.15 bits per heavy atom. The van der Waals surface area contributed by atoms with Gasteiger partial charge in [-0.25, -0.2) is 4.79 Å². The highest BCUT2D eigenvalue weighted by atomic mass is 35.5. The first-order valence-corrected chi connectivity index (χ1v) is 8.79. The lowest BCUT2D eigenvalue weighted by Crippen LogP contribution is -2.31. The third kappa shape index (κ3) is 7.85. The zero-order valence-corrected chi connectivity index (χ0v) is 16.0. The predicted octanol–water partition coefficient (Wildman–Crippen LogP) is 3.94. The second-order valence-corrected chi connectivity index (χ2v) is 6.09. The Hall–Kier alpha value is -2.96. The van der Waals surface area contributed by atoms with E-state index in [9.17, 15) is 4.79 Å². The average molecular weight is 400 g/mol. The van der Waals surface area contributed by atoms with Crippen LogP contribution in [0.15, 0.2) is 72.4 Å². The van der Waals surface area contributed by atoms with Crippen molar-refractivity contribution in [1.82, 2.24) is 10.7 Å². The highest BCUT2D eigenvalue weighted by Crippen LogP contribution is 2.13. The number of halogens is 1. The molecular formula is C20H18ClN3O2S. The minimum atomic E-state index is -0.466. The van der Waals surface area contributed by atoms with Gasteiger partial charge in [-0.2, -0.15) is 5.10 Å². The number of hydrogen-bond acceptors (Lipinski definition) is 4. The van der Waals surface area contributed by atoms with Gasteiger partial charge in [0.1, 0.15) is 5.75 Å². The van der Waals surface area contributed by atoms with Crippen molar-refractivity contribution in [3.05, 3.63) is 83.4 Å². The average Bonchev–Trinajstić information content (AvgIpc) is 2.67. The number of hydrazone groups is 1. The fraction of sp³-hybridized carbons (Fsp3) is 0.0500. The molecule has 0 spiro atoms. The summed E-state index contributed by atoms with van der Waals surface area (Å²) in [5, 5.41) is 7.96. The van der Waals surface area contributed by atoms with E-state index in [1.165, 1.54) is 6.08 Å². The van der Waals surface area contributed by atoms with Crippen LogP contribution in [-0.4, -0.2) is 23.8 Å². The number of carbonyl (C=O) groups is 1. The van der Waals surface area contributed by atoms with Crippen LogP contribution in [0.4, 0.5) is 0 Å². The molecule has 0 radical (unpaired) electrons. The van der Waals surface area contributed by atoms with Gasteiger partial charge in [0, 0.05) is 17.6 Å². The number of nitrogens with one attached hydrogen (secondary N) is 2. The van der Waals surface area contributed by atoms with E-state index in [4.69, 9.17) is 28.6 Å². The SMILES string of the molecule is C=CCNC(=S)N/N=C/c1ccc(OC(=O)/C=C/c2ccc(Cl)cc2)cc1. The van der Waals surface area contributed by atoms with Gasteiger partial charge in [0.15, 0.2) is 5.11 Å². The first-order chi connectivity index (χ1) is 13.1. The maximum atomic E-state index is 11.9. The van der Waals surface area contributed by atoms with Crippen LogP contribution in [-0.2, 0) is 4.79 Å². The van der Waals surface area contributed by atoms with E-state index in [2.05, 4.69) is 22.4 Å². The van der Waals surface area contributed by atoms with Crippen molar-refractivity contribution in [2.45, 2.75) is 0 Å². The summed E-state index contributed by atoms with van der Waals surface area (Å²) >= 11 is 10.8. The van der Waals surface area contributed by atoms with Crippen LogP contribution in [0.2, 0.25) is 5.02 Å². The number of thiocarbonyl (C=S) groups is 1. The Balaban J connectivity index is 1.83. The van der Waals surface area contributed by atoms with E-state index in [1.807, 2.05) is 12.1 Å². The quantitative estimate of drug-likeness (QED) is 0.140. The second-order valence-electron chi connectivity index (χ2n) is 5.24. The summed E-state index contributed by atoms with van der Waals surface area (Å²) in [5.41, 5.74) is 4.37. The molecule has 0 atom stereocenters. The first-order valence-electron chi connectivity index (χ1n) is 8.00. The molecule has 27 heavy (non-hydrogen) atoms. The van der Waals surface area contributed by atoms with E-state index >= 15 is 0 Å². The molecule has 0 bridgehead atoms. The molecular weight excluding hydrogens is 382 g/mol. The predicted molar refractivity (Wildman–Crippen MR) is 114 cm³/mol. The molecule has 0 unspecified atom stereocenters. The van der Waals surface area contributed by atoms with Crippen LogP contribution in [0.1, 0.15) is 11.1 Å². The van der Waals surface area contributed by atoms with Crippen molar-refractivity contribution in [1.29, 1.82) is 0 Å². The van der Waals surface area contributed by atoms with Crippen LogP contribution in [0, 0.1) is 0 Å². The second kappa shape index (κ2) is 10.9. The molecule has 2 N–H and O–H groups in total. The minimum absolute atomic E-state index is 0.407. The Labute approximate surface area is 168 Å². The maximum Gasteiger partial charge on any atom is 0.336 e. The Bertz CT molecular complexity index is 847. The molecule has 0 aliphatic carbocycles. The smallest absolute Gasteiger partial charge is 0.336 e. The summed E-state index contributed by atoms with van der Waals surface area (Å²) in [6.07, 6.45) is 6.32. The van der Waals surface area contributed by atoms with Crippen molar-refractivity contribution in [3.8, 4) is 5.75 Å². The van der Waals surface area contributed by atoms with E-state index in [0.717, 1.165) is 11.1 Å². The van der Waals surface area contributed by atoms with Crippen LogP contribution < -0.4 is 15.5 Å². The van der Waals surface area contributed by atoms with Crippen molar-refractivity contribution < 1.29 is 9.53 Å². The standard InChI is InChI=1S/C20H18ClN3O2S/c1-2-13-22-20(27)24-23-14-16-5-10-18(11-6-16)26-19(25)12-7-15-3-8-17(21)9-4-15/h2-12,14H,1,13H2,(H2,22,24,27)/b12-7+,23-14+. The van der Waals surface area contributed by atoms with Gasteiger partial charge in [-0.15, -0.1) is 6.58 Å². The zero-order chi connectivity index (χ0) is 19.5. The summed E-state index contributed by atoms with van der Waals surface area (Å²) in [4.78, 5) is 11.9. The zero-order valence-electron chi connectivity index (χ0n) is 14.4. The summed E-state index contributed by atoms with van der Waals surface area (Å²) in [6, 6.07) is 14.1. The lowest BCUT2D eigenvalue weighted by Gasteiger charge is -2.03. The number of esters is 1. The molecule has 2 aromatic rings. The van der Waals surface area contributed by atoms with Gasteiger partial charge in [-0.1, -0.05) is 29.8 Å². The molecule has 5 nitrogen and oxygen atoms in total. The van der Waals surface area contributed by atoms with E-state index in [0.29, 0.717) is 22.4 Å². The normalized spacial score (nSPS) is 10.7. The monoisotopic (exact) mass is 399 g/mol. The van der Waals surface area contributed by atoms with Gasteiger partial charge in [-0.3, -0.25) is 5.43 Å². The number of ether oxygens (including phenoxy) is 1. The molecule has 0 aliphatic rings. The van der Waals surface area contributed by atoms with Gasteiger partial charge in [0.05, 0.1) is 6.21 Å². The molecule has 2 rings (SSSR count). The highest BCUT2D eigenvalue weighted by molar-refractivity contribution is 7.80. The molecule has 0 saturated heterocycles. The first kappa shape index (κ1) is 20.4. The number of nitrogens with zero attached hydrogens (tertiary/aromatic N) is 1. The molecule has 0 saturated carbocycles. The molecule has 7 heteroatoms. The molecule has 0 aliphatic heterocycles. The number of hydrogen-bond donors (Lipinski definition) is 2. The maximum absolute atomic E-state index is 11.9. The molecule has 2 aromatic carbocycles. The van der Waals surface area contributed by atoms with Gasteiger partial charge in [0.25, 0.3) is 0 Å². The van der Waals surface area contributed by atoms with Crippen LogP contribution in [0.25, 0.3) is 6.08 Å². The number of rotatable bonds is 7. The van der Waals surface area contributed by atoms with Crippen molar-refractivity contribution in [3.63, 3.8) is 0 Å². The van der Waals surface area contributed by atoms with Crippen LogP contribution in [0.3, 0.4) is 0 Å². The Morgan fingerprint density at radius 2 is 1.81 bits per heavy atom. The van der Waals surface area contributed by atoms with Crippen molar-refractivity contribution in [2.75, 3.05) is 6.54 Å². The third-order valence-corrected chi connectivity index (χ3v) is 3.65. The van der Waals surface area contributed by atoms with Crippen molar-refractivity contribution >= 4 is 47.2 Å². The molecule has 0 amide bonds. The summed E-state index contributed by atoms with van der Waals surface area (Å²) in [6.45, 7) is 4.15. The van der Waals surface area contributed by atoms with Gasteiger partial charge >= 0.3 is 5.97 Å². The summed E-state index contributed by atoms with van der Waals surface area (Å²) in [5.74, 6) is -0.0271. The fourth-order valence-electron chi connectivity index (χ4n) is 1.88. The van der Waals surface area contributed by atoms with E-state index in [1.54, 1.807) is 54.8 Å². The molecule has 0 aromatic heterocycles. The summed E-state index contributed by atoms with van der Waals surface area (Å²) in [7, 11) is 0. The topological polar surface area (TPSA) is 62.7 Å². The summed E-state index contributed by atoms with van der Waals surface area (Å²) < 4.78 is 5.25. The fourth-order valence-corrected chi connectivity index (χ4v) is 2.14. The van der Waals surface area contributed by atoms with Crippen LogP contribution >= 0.6 is 23.8 Å². The molecule has 0 heterocycles. The lowest BCUT2D eigenvalue weighted by molar-refractivity contribution is -0.128. The van der Waals surface area contributed by atoms with Crippen LogP contribution in [0.5, 0.6) is 5.75 Å². The molecule has 0 fully saturated rings. The van der Waals surface area contributed by atoms with Gasteiger partial charge in [0.2, 0.25) is 0 Å². The molecule has 138 valence electrons. The highest BCUT2D eigenvalue weighted by Gasteiger charge is 2.00. The number of carbonyl (C=O) groups excluding carboxylic acids is 1. The number of benzene rings is 2. The largest absolute Gasteiger partial charge is 0.423 e. The van der Waals surface area contributed by atoms with E-state index in [-0.39, 0.29) is 0 Å². The lowest BCUT2D eigenvalue weighted by atomic mass is 10.2. The Kier molecular flexibility index (Phi) is 8.22. The Morgan fingerprint density at radius 3 is 2.48 bits per heavy atom. The minimum Gasteiger partial charge on any atom is -0.423 e. The third-order valence-electron chi connectivity index (χ3n) is 3.17. The van der Waals surface area contributed by atoms with E-state index < -0.39 is 5.97 Å². The van der Waals surface area contributed by atoms with Crippen molar-refractivity contribution in [2.24, 2.45) is 5.10 Å². The van der Waals surface area contributed by atoms with Gasteiger partial charge in [-0.05, 0) is 65.8 Å².